The van der Waals surface area contributed by atoms with Gasteiger partial charge in [0.25, 0.3) is 6.43 Å². The zero-order valence-corrected chi connectivity index (χ0v) is 13.4. The molecule has 0 bridgehead atoms. The average molecular weight is 316 g/mol. The van der Waals surface area contributed by atoms with E-state index in [1.54, 1.807) is 32.9 Å². The lowest BCUT2D eigenvalue weighted by molar-refractivity contribution is 0.0635. The van der Waals surface area contributed by atoms with Crippen molar-refractivity contribution in [2.45, 2.75) is 45.8 Å². The molecule has 1 unspecified atom stereocenters. The van der Waals surface area contributed by atoms with Gasteiger partial charge in [-0.05, 0) is 39.8 Å². The number of carbonyl (C=O) groups excluding carboxylic acids is 1. The van der Waals surface area contributed by atoms with Crippen LogP contribution in [0.2, 0.25) is 0 Å². The number of hydrogen-bond donors (Lipinski definition) is 2. The molecule has 0 saturated heterocycles. The van der Waals surface area contributed by atoms with E-state index in [4.69, 9.17) is 9.47 Å². The lowest BCUT2D eigenvalue weighted by atomic mass is 10.2. The lowest BCUT2D eigenvalue weighted by Gasteiger charge is -2.21. The van der Waals surface area contributed by atoms with Crippen molar-refractivity contribution >= 4 is 17.5 Å². The molecular weight excluding hydrogens is 294 g/mol. The minimum absolute atomic E-state index is 0.345. The summed E-state index contributed by atoms with van der Waals surface area (Å²) >= 11 is 0. The lowest BCUT2D eigenvalue weighted by Crippen LogP contribution is -2.27. The van der Waals surface area contributed by atoms with Gasteiger partial charge in [0.1, 0.15) is 11.4 Å². The molecule has 0 spiro atoms. The van der Waals surface area contributed by atoms with Crippen LogP contribution in [0.15, 0.2) is 18.2 Å². The molecule has 0 radical (unpaired) electrons. The Morgan fingerprint density at radius 2 is 1.91 bits per heavy atom. The van der Waals surface area contributed by atoms with Crippen molar-refractivity contribution < 1.29 is 23.0 Å². The summed E-state index contributed by atoms with van der Waals surface area (Å²) in [7, 11) is 1.43. The zero-order valence-electron chi connectivity index (χ0n) is 13.4. The van der Waals surface area contributed by atoms with Gasteiger partial charge in [-0.15, -0.1) is 0 Å². The van der Waals surface area contributed by atoms with Crippen LogP contribution in [0, 0.1) is 0 Å². The Morgan fingerprint density at radius 3 is 2.41 bits per heavy atom. The normalized spacial score (nSPS) is 12.7. The fraction of sp³-hybridized carbons (Fsp3) is 0.533. The maximum absolute atomic E-state index is 12.5. The maximum atomic E-state index is 12.5. The third kappa shape index (κ3) is 5.75. The zero-order chi connectivity index (χ0) is 16.9. The van der Waals surface area contributed by atoms with Crippen LogP contribution in [0.5, 0.6) is 5.75 Å². The number of halogens is 2. The topological polar surface area (TPSA) is 59.6 Å². The van der Waals surface area contributed by atoms with Crippen molar-refractivity contribution in [2.75, 3.05) is 17.7 Å². The van der Waals surface area contributed by atoms with Crippen molar-refractivity contribution in [1.29, 1.82) is 0 Å². The van der Waals surface area contributed by atoms with E-state index in [2.05, 4.69) is 10.6 Å². The number of hydrogen-bond acceptors (Lipinski definition) is 4. The number of carbonyl (C=O) groups is 1. The summed E-state index contributed by atoms with van der Waals surface area (Å²) in [5, 5.41) is 5.22. The second kappa shape index (κ2) is 7.29. The van der Waals surface area contributed by atoms with Gasteiger partial charge in [0.05, 0.1) is 18.8 Å². The number of ether oxygens (including phenoxy) is 2. The minimum atomic E-state index is -2.48. The summed E-state index contributed by atoms with van der Waals surface area (Å²) in [4.78, 5) is 11.7. The average Bonchev–Trinajstić information content (AvgIpc) is 2.38. The first-order chi connectivity index (χ1) is 10.1. The third-order valence-electron chi connectivity index (χ3n) is 2.61. The molecule has 0 aliphatic heterocycles. The summed E-state index contributed by atoms with van der Waals surface area (Å²) in [6.45, 7) is 6.64. The fourth-order valence-corrected chi connectivity index (χ4v) is 1.62. The minimum Gasteiger partial charge on any atom is -0.494 e. The second-order valence-electron chi connectivity index (χ2n) is 5.81. The number of benzene rings is 1. The van der Waals surface area contributed by atoms with Gasteiger partial charge < -0.3 is 14.8 Å². The van der Waals surface area contributed by atoms with Gasteiger partial charge in [-0.1, -0.05) is 0 Å². The van der Waals surface area contributed by atoms with Crippen LogP contribution in [0.25, 0.3) is 0 Å². The highest BCUT2D eigenvalue weighted by Crippen LogP contribution is 2.29. The summed E-state index contributed by atoms with van der Waals surface area (Å²) in [5.41, 5.74) is 0.247. The van der Waals surface area contributed by atoms with Crippen LogP contribution >= 0.6 is 0 Å². The number of methoxy groups -OCH3 is 1. The van der Waals surface area contributed by atoms with E-state index in [9.17, 15) is 13.6 Å². The molecule has 1 aromatic rings. The second-order valence-corrected chi connectivity index (χ2v) is 5.81. The first-order valence-corrected chi connectivity index (χ1v) is 6.85. The first-order valence-electron chi connectivity index (χ1n) is 6.85. The number of anilines is 2. The van der Waals surface area contributed by atoms with Gasteiger partial charge >= 0.3 is 6.09 Å². The van der Waals surface area contributed by atoms with Crippen LogP contribution in [-0.4, -0.2) is 31.3 Å². The van der Waals surface area contributed by atoms with Crippen LogP contribution < -0.4 is 15.4 Å². The van der Waals surface area contributed by atoms with E-state index in [1.165, 1.54) is 20.1 Å². The Morgan fingerprint density at radius 1 is 1.27 bits per heavy atom. The molecule has 0 aliphatic rings. The van der Waals surface area contributed by atoms with Crippen LogP contribution in [0.3, 0.4) is 0 Å². The van der Waals surface area contributed by atoms with Gasteiger partial charge in [0, 0.05) is 11.8 Å². The standard InChI is InChI=1S/C15H22F2N2O3/c1-9(13(16)17)18-10-6-7-11(12(8-10)21-5)19-14(20)22-15(2,3)4/h6-9,13,18H,1-5H3,(H,19,20). The molecule has 1 atom stereocenters. The van der Waals surface area contributed by atoms with Gasteiger partial charge in [0.15, 0.2) is 0 Å². The van der Waals surface area contributed by atoms with Crippen molar-refractivity contribution in [1.82, 2.24) is 0 Å². The van der Waals surface area contributed by atoms with Crippen molar-refractivity contribution in [3.63, 3.8) is 0 Å². The van der Waals surface area contributed by atoms with Gasteiger partial charge in [0.2, 0.25) is 0 Å². The number of alkyl halides is 2. The van der Waals surface area contributed by atoms with E-state index in [0.717, 1.165) is 0 Å². The molecular formula is C15H22F2N2O3. The van der Waals surface area contributed by atoms with Crippen molar-refractivity contribution in [2.24, 2.45) is 0 Å². The van der Waals surface area contributed by atoms with Crippen LogP contribution in [0.4, 0.5) is 25.0 Å². The maximum Gasteiger partial charge on any atom is 0.412 e. The Balaban J connectivity index is 2.83. The highest BCUT2D eigenvalue weighted by molar-refractivity contribution is 5.87. The van der Waals surface area contributed by atoms with Crippen LogP contribution in [-0.2, 0) is 4.74 Å². The molecule has 0 aromatic heterocycles. The van der Waals surface area contributed by atoms with E-state index in [1.807, 2.05) is 0 Å². The fourth-order valence-electron chi connectivity index (χ4n) is 1.62. The molecule has 7 heteroatoms. The van der Waals surface area contributed by atoms with Gasteiger partial charge in [-0.3, -0.25) is 5.32 Å². The van der Waals surface area contributed by atoms with Gasteiger partial charge in [-0.2, -0.15) is 0 Å². The highest BCUT2D eigenvalue weighted by atomic mass is 19.3. The quantitative estimate of drug-likeness (QED) is 0.858. The highest BCUT2D eigenvalue weighted by Gasteiger charge is 2.18. The summed E-state index contributed by atoms with van der Waals surface area (Å²) < 4.78 is 35.4. The Labute approximate surface area is 129 Å². The number of nitrogens with one attached hydrogen (secondary N) is 2. The van der Waals surface area contributed by atoms with Crippen molar-refractivity contribution in [3.05, 3.63) is 18.2 Å². The first kappa shape index (κ1) is 18.0. The predicted molar refractivity (Wildman–Crippen MR) is 81.9 cm³/mol. The molecule has 1 rings (SSSR count). The molecule has 1 amide bonds. The van der Waals surface area contributed by atoms with E-state index in [0.29, 0.717) is 17.1 Å². The third-order valence-corrected chi connectivity index (χ3v) is 2.61. The van der Waals surface area contributed by atoms with E-state index >= 15 is 0 Å². The molecule has 0 fully saturated rings. The monoisotopic (exact) mass is 316 g/mol. The molecule has 0 heterocycles. The molecule has 5 nitrogen and oxygen atoms in total. The molecule has 22 heavy (non-hydrogen) atoms. The Kier molecular flexibility index (Phi) is 5.96. The Hall–Kier alpha value is -2.05. The predicted octanol–water partition coefficient (Wildman–Crippen LogP) is 4.11. The largest absolute Gasteiger partial charge is 0.494 e. The summed E-state index contributed by atoms with van der Waals surface area (Å²) in [6.07, 6.45) is -3.10. The summed E-state index contributed by atoms with van der Waals surface area (Å²) in [6, 6.07) is 3.68. The Bertz CT molecular complexity index is 516. The summed E-state index contributed by atoms with van der Waals surface area (Å²) in [5.74, 6) is 0.345. The van der Waals surface area contributed by atoms with E-state index in [-0.39, 0.29) is 0 Å². The van der Waals surface area contributed by atoms with Gasteiger partial charge in [-0.25, -0.2) is 13.6 Å². The SMILES string of the molecule is COc1cc(NC(C)C(F)F)ccc1NC(=O)OC(C)(C)C. The number of amides is 1. The van der Waals surface area contributed by atoms with Crippen molar-refractivity contribution in [3.8, 4) is 5.75 Å². The molecule has 1 aromatic carbocycles. The molecule has 0 aliphatic carbocycles. The van der Waals surface area contributed by atoms with E-state index < -0.39 is 24.2 Å². The number of rotatable bonds is 5. The molecule has 0 saturated carbocycles. The molecule has 124 valence electrons. The smallest absolute Gasteiger partial charge is 0.412 e. The van der Waals surface area contributed by atoms with Crippen LogP contribution in [0.1, 0.15) is 27.7 Å². The molecule has 2 N–H and O–H groups in total.